The van der Waals surface area contributed by atoms with E-state index in [4.69, 9.17) is 4.74 Å². The van der Waals surface area contributed by atoms with Crippen LogP contribution in [0.2, 0.25) is 0 Å². The molecule has 1 aliphatic heterocycles. The number of ether oxygens (including phenoxy) is 1. The van der Waals surface area contributed by atoms with E-state index in [1.165, 1.54) is 0 Å². The molecule has 1 aromatic rings. The number of nitrogens with one attached hydrogen (secondary N) is 2. The number of aliphatic imine (C=N–C) groups is 1. The Kier molecular flexibility index (Phi) is 4.26. The van der Waals surface area contributed by atoms with Crippen LogP contribution in [0.1, 0.15) is 24.2 Å². The Morgan fingerprint density at radius 1 is 1.29 bits per heavy atom. The molecule has 21 heavy (non-hydrogen) atoms. The summed E-state index contributed by atoms with van der Waals surface area (Å²) in [5, 5.41) is 5.40. The van der Waals surface area contributed by atoms with Gasteiger partial charge in [-0.2, -0.15) is 0 Å². The van der Waals surface area contributed by atoms with Gasteiger partial charge in [-0.3, -0.25) is 9.59 Å². The van der Waals surface area contributed by atoms with Crippen LogP contribution in [-0.2, 0) is 9.53 Å². The van der Waals surface area contributed by atoms with Crippen LogP contribution in [-0.4, -0.2) is 42.9 Å². The second-order valence-electron chi connectivity index (χ2n) is 5.32. The normalized spacial score (nSPS) is 17.7. The quantitative estimate of drug-likeness (QED) is 0.858. The first kappa shape index (κ1) is 15.0. The van der Waals surface area contributed by atoms with Gasteiger partial charge in [-0.1, -0.05) is 18.2 Å². The minimum atomic E-state index is -0.782. The van der Waals surface area contributed by atoms with Crippen LogP contribution in [0.5, 0.6) is 0 Å². The van der Waals surface area contributed by atoms with Crippen LogP contribution < -0.4 is 10.6 Å². The highest BCUT2D eigenvalue weighted by Crippen LogP contribution is 2.16. The highest BCUT2D eigenvalue weighted by Gasteiger charge is 2.36. The summed E-state index contributed by atoms with van der Waals surface area (Å²) < 4.78 is 5.46. The van der Waals surface area contributed by atoms with Gasteiger partial charge in [0.05, 0.1) is 0 Å². The molecule has 2 amide bonds. The fourth-order valence-electron chi connectivity index (χ4n) is 2.02. The fraction of sp³-hybridized carbons (Fsp3) is 0.400. The van der Waals surface area contributed by atoms with E-state index in [9.17, 15) is 9.59 Å². The van der Waals surface area contributed by atoms with Gasteiger partial charge in [0, 0.05) is 12.6 Å². The largest absolute Gasteiger partial charge is 0.476 e. The summed E-state index contributed by atoms with van der Waals surface area (Å²) in [6.45, 7) is 3.78. The molecule has 0 fully saturated rings. The number of amides is 2. The molecule has 0 saturated heterocycles. The monoisotopic (exact) mass is 289 g/mol. The van der Waals surface area contributed by atoms with Crippen molar-refractivity contribution in [2.24, 2.45) is 4.99 Å². The first-order valence-electron chi connectivity index (χ1n) is 6.74. The molecule has 0 bridgehead atoms. The van der Waals surface area contributed by atoms with Crippen molar-refractivity contribution in [3.8, 4) is 0 Å². The van der Waals surface area contributed by atoms with E-state index in [0.29, 0.717) is 11.5 Å². The molecular weight excluding hydrogens is 270 g/mol. The molecule has 112 valence electrons. The maximum absolute atomic E-state index is 12.2. The van der Waals surface area contributed by atoms with Gasteiger partial charge in [-0.15, -0.1) is 0 Å². The average Bonchev–Trinajstić information content (AvgIpc) is 2.97. The first-order chi connectivity index (χ1) is 9.94. The molecule has 2 rings (SSSR count). The van der Waals surface area contributed by atoms with E-state index < -0.39 is 11.6 Å². The van der Waals surface area contributed by atoms with Crippen LogP contribution in [0.25, 0.3) is 0 Å². The Bertz CT molecular complexity index is 567. The molecular formula is C15H19N3O3. The summed E-state index contributed by atoms with van der Waals surface area (Å²) in [6, 6.07) is 8.35. The zero-order valence-corrected chi connectivity index (χ0v) is 12.3. The lowest BCUT2D eigenvalue weighted by Gasteiger charge is -2.25. The lowest BCUT2D eigenvalue weighted by atomic mass is 10.0. The van der Waals surface area contributed by atoms with E-state index in [1.54, 1.807) is 45.2 Å². The third-order valence-electron chi connectivity index (χ3n) is 3.20. The summed E-state index contributed by atoms with van der Waals surface area (Å²) in [7, 11) is 1.55. The Morgan fingerprint density at radius 2 is 1.95 bits per heavy atom. The van der Waals surface area contributed by atoms with Gasteiger partial charge in [-0.25, -0.2) is 4.99 Å². The highest BCUT2D eigenvalue weighted by molar-refractivity contribution is 6.00. The number of benzene rings is 1. The van der Waals surface area contributed by atoms with Crippen molar-refractivity contribution in [1.29, 1.82) is 0 Å². The molecule has 1 aromatic carbocycles. The number of likely N-dealkylation sites (N-methyl/N-ethyl adjacent to an activating group) is 1. The van der Waals surface area contributed by atoms with Gasteiger partial charge in [0.25, 0.3) is 5.91 Å². The van der Waals surface area contributed by atoms with Crippen molar-refractivity contribution in [1.82, 2.24) is 10.6 Å². The summed E-state index contributed by atoms with van der Waals surface area (Å²) in [5.74, 6) is -0.0501. The van der Waals surface area contributed by atoms with Crippen LogP contribution in [0, 0.1) is 0 Å². The Balaban J connectivity index is 2.09. The molecule has 6 nitrogen and oxygen atoms in total. The second-order valence-corrected chi connectivity index (χ2v) is 5.32. The predicted octanol–water partition coefficient (Wildman–Crippen LogP) is 0.738. The molecule has 1 atom stereocenters. The van der Waals surface area contributed by atoms with Gasteiger partial charge in [0.2, 0.25) is 11.8 Å². The zero-order chi connectivity index (χ0) is 15.5. The summed E-state index contributed by atoms with van der Waals surface area (Å²) >= 11 is 0. The number of carbonyl (C=O) groups is 2. The van der Waals surface area contributed by atoms with Gasteiger partial charge < -0.3 is 15.4 Å². The molecule has 1 aliphatic rings. The molecule has 0 saturated carbocycles. The second kappa shape index (κ2) is 5.95. The Labute approximate surface area is 123 Å². The van der Waals surface area contributed by atoms with Crippen LogP contribution in [0.3, 0.4) is 0 Å². The van der Waals surface area contributed by atoms with Crippen LogP contribution >= 0.6 is 0 Å². The Hall–Kier alpha value is -2.37. The first-order valence-corrected chi connectivity index (χ1v) is 6.74. The number of hydrogen-bond acceptors (Lipinski definition) is 4. The third-order valence-corrected chi connectivity index (χ3v) is 3.20. The standard InChI is InChI=1S/C15H19N3O3/c1-15(2,14-17-11(9-21-14)13(20)16-3)18-12(19)10-7-5-4-6-8-10/h4-8,11H,9H2,1-3H3,(H,16,20)(H,18,19)/t11-/m0/s1. The third kappa shape index (κ3) is 3.39. The van der Waals surface area contributed by atoms with Crippen molar-refractivity contribution in [2.45, 2.75) is 25.4 Å². The topological polar surface area (TPSA) is 79.8 Å². The van der Waals surface area contributed by atoms with Gasteiger partial charge in [-0.05, 0) is 26.0 Å². The summed E-state index contributed by atoms with van der Waals surface area (Å²) in [6.07, 6.45) is 0. The molecule has 0 aliphatic carbocycles. The lowest BCUT2D eigenvalue weighted by molar-refractivity contribution is -0.122. The molecule has 0 radical (unpaired) electrons. The van der Waals surface area contributed by atoms with Crippen molar-refractivity contribution in [2.75, 3.05) is 13.7 Å². The number of rotatable bonds is 4. The summed E-state index contributed by atoms with van der Waals surface area (Å²) in [4.78, 5) is 28.0. The van der Waals surface area contributed by atoms with Crippen molar-refractivity contribution >= 4 is 17.7 Å². The maximum atomic E-state index is 12.2. The number of carbonyl (C=O) groups excluding carboxylic acids is 2. The average molecular weight is 289 g/mol. The van der Waals surface area contributed by atoms with Crippen molar-refractivity contribution in [3.63, 3.8) is 0 Å². The minimum Gasteiger partial charge on any atom is -0.476 e. The summed E-state index contributed by atoms with van der Waals surface area (Å²) in [5.41, 5.74) is -0.220. The maximum Gasteiger partial charge on any atom is 0.252 e. The van der Waals surface area contributed by atoms with Crippen LogP contribution in [0.4, 0.5) is 0 Å². The predicted molar refractivity (Wildman–Crippen MR) is 79.2 cm³/mol. The van der Waals surface area contributed by atoms with E-state index in [0.717, 1.165) is 0 Å². The molecule has 0 spiro atoms. The minimum absolute atomic E-state index is 0.194. The van der Waals surface area contributed by atoms with E-state index in [-0.39, 0.29) is 18.4 Å². The van der Waals surface area contributed by atoms with Gasteiger partial charge in [0.1, 0.15) is 12.1 Å². The number of hydrogen-bond donors (Lipinski definition) is 2. The molecule has 1 heterocycles. The van der Waals surface area contributed by atoms with Crippen molar-refractivity contribution < 1.29 is 14.3 Å². The smallest absolute Gasteiger partial charge is 0.252 e. The molecule has 0 aromatic heterocycles. The zero-order valence-electron chi connectivity index (χ0n) is 12.3. The molecule has 0 unspecified atom stereocenters. The van der Waals surface area contributed by atoms with Gasteiger partial charge >= 0.3 is 0 Å². The fourth-order valence-corrected chi connectivity index (χ4v) is 2.02. The van der Waals surface area contributed by atoms with Gasteiger partial charge in [0.15, 0.2) is 6.04 Å². The SMILES string of the molecule is CNC(=O)[C@@H]1COC(C(C)(C)NC(=O)c2ccccc2)=N1. The van der Waals surface area contributed by atoms with E-state index in [1.807, 2.05) is 6.07 Å². The Morgan fingerprint density at radius 3 is 2.57 bits per heavy atom. The highest BCUT2D eigenvalue weighted by atomic mass is 16.5. The molecule has 6 heteroatoms. The van der Waals surface area contributed by atoms with Crippen molar-refractivity contribution in [3.05, 3.63) is 35.9 Å². The number of nitrogens with zero attached hydrogens (tertiary/aromatic N) is 1. The van der Waals surface area contributed by atoms with Crippen LogP contribution in [0.15, 0.2) is 35.3 Å². The molecule has 2 N–H and O–H groups in total. The van der Waals surface area contributed by atoms with E-state index >= 15 is 0 Å². The van der Waals surface area contributed by atoms with E-state index in [2.05, 4.69) is 15.6 Å². The lowest BCUT2D eigenvalue weighted by Crippen LogP contribution is -2.49.